The Balaban J connectivity index is 1.37. The number of benzene rings is 1. The molecule has 7 nitrogen and oxygen atoms in total. The van der Waals surface area contributed by atoms with Gasteiger partial charge in [-0.2, -0.15) is 0 Å². The Morgan fingerprint density at radius 1 is 1.17 bits per heavy atom. The van der Waals surface area contributed by atoms with E-state index in [0.717, 1.165) is 53.9 Å². The second kappa shape index (κ2) is 9.23. The summed E-state index contributed by atoms with van der Waals surface area (Å²) >= 11 is 1.45. The molecule has 156 valence electrons. The van der Waals surface area contributed by atoms with E-state index in [-0.39, 0.29) is 5.91 Å². The van der Waals surface area contributed by atoms with Gasteiger partial charge in [-0.15, -0.1) is 11.3 Å². The van der Waals surface area contributed by atoms with Crippen LogP contribution in [0.4, 0.5) is 5.82 Å². The molecule has 2 aromatic heterocycles. The predicted octanol–water partition coefficient (Wildman–Crippen LogP) is 2.90. The first-order valence-corrected chi connectivity index (χ1v) is 10.8. The first-order chi connectivity index (χ1) is 14.6. The number of carbonyl (C=O) groups excluding carboxylic acids is 1. The molecular weight excluding hydrogens is 398 g/mol. The highest BCUT2D eigenvalue weighted by Crippen LogP contribution is 2.25. The van der Waals surface area contributed by atoms with Crippen LogP contribution in [0.5, 0.6) is 5.75 Å². The minimum atomic E-state index is -0.177. The summed E-state index contributed by atoms with van der Waals surface area (Å²) < 4.78 is 5.18. The van der Waals surface area contributed by atoms with Gasteiger partial charge in [0, 0.05) is 49.9 Å². The maximum Gasteiger partial charge on any atom is 0.271 e. The Hall–Kier alpha value is -2.97. The number of nitrogens with zero attached hydrogens (tertiary/aromatic N) is 4. The molecule has 3 aromatic rings. The Bertz CT molecular complexity index is 997. The van der Waals surface area contributed by atoms with Crippen LogP contribution in [0.15, 0.2) is 48.0 Å². The summed E-state index contributed by atoms with van der Waals surface area (Å²) in [5.41, 5.74) is 2.42. The lowest BCUT2D eigenvalue weighted by molar-refractivity contribution is 0.0946. The molecule has 1 N–H and O–H groups in total. The number of hydrogen-bond donors (Lipinski definition) is 1. The zero-order valence-electron chi connectivity index (χ0n) is 17.2. The number of nitrogens with one attached hydrogen (secondary N) is 1. The number of likely N-dealkylation sites (N-methyl/N-ethyl adjacent to an activating group) is 1. The molecule has 3 heterocycles. The number of piperazine rings is 1. The molecule has 8 heteroatoms. The van der Waals surface area contributed by atoms with E-state index < -0.39 is 0 Å². The van der Waals surface area contributed by atoms with Crippen molar-refractivity contribution in [3.05, 3.63) is 59.2 Å². The molecule has 1 saturated heterocycles. The highest BCUT2D eigenvalue weighted by Gasteiger charge is 2.16. The smallest absolute Gasteiger partial charge is 0.271 e. The van der Waals surface area contributed by atoms with Gasteiger partial charge in [-0.25, -0.2) is 9.97 Å². The Morgan fingerprint density at radius 3 is 2.67 bits per heavy atom. The van der Waals surface area contributed by atoms with Crippen LogP contribution in [-0.2, 0) is 6.54 Å². The van der Waals surface area contributed by atoms with Crippen LogP contribution in [0.2, 0.25) is 0 Å². The summed E-state index contributed by atoms with van der Waals surface area (Å²) in [6, 6.07) is 11.6. The van der Waals surface area contributed by atoms with Crippen molar-refractivity contribution in [2.24, 2.45) is 0 Å². The third kappa shape index (κ3) is 4.77. The van der Waals surface area contributed by atoms with Crippen LogP contribution in [0.3, 0.4) is 0 Å². The molecule has 0 radical (unpaired) electrons. The van der Waals surface area contributed by atoms with Gasteiger partial charge in [0.2, 0.25) is 0 Å². The van der Waals surface area contributed by atoms with Gasteiger partial charge in [0.1, 0.15) is 22.3 Å². The number of ether oxygens (including phenoxy) is 1. The number of rotatable bonds is 6. The number of pyridine rings is 1. The van der Waals surface area contributed by atoms with E-state index >= 15 is 0 Å². The fourth-order valence-corrected chi connectivity index (χ4v) is 4.10. The third-order valence-corrected chi connectivity index (χ3v) is 6.06. The van der Waals surface area contributed by atoms with Gasteiger partial charge in [-0.3, -0.25) is 4.79 Å². The summed E-state index contributed by atoms with van der Waals surface area (Å²) in [6.07, 6.45) is 1.81. The lowest BCUT2D eigenvalue weighted by Crippen LogP contribution is -2.44. The predicted molar refractivity (Wildman–Crippen MR) is 119 cm³/mol. The number of hydrogen-bond acceptors (Lipinski definition) is 7. The topological polar surface area (TPSA) is 70.6 Å². The van der Waals surface area contributed by atoms with Gasteiger partial charge in [0.15, 0.2) is 0 Å². The van der Waals surface area contributed by atoms with Crippen molar-refractivity contribution in [3.63, 3.8) is 0 Å². The minimum Gasteiger partial charge on any atom is -0.497 e. The molecule has 0 bridgehead atoms. The summed E-state index contributed by atoms with van der Waals surface area (Å²) in [5.74, 6) is 1.58. The van der Waals surface area contributed by atoms with E-state index in [4.69, 9.17) is 4.74 Å². The van der Waals surface area contributed by atoms with Crippen molar-refractivity contribution >= 4 is 23.1 Å². The maximum atomic E-state index is 12.6. The second-order valence-electron chi connectivity index (χ2n) is 7.26. The molecule has 0 saturated carbocycles. The van der Waals surface area contributed by atoms with E-state index in [1.807, 2.05) is 30.3 Å². The highest BCUT2D eigenvalue weighted by molar-refractivity contribution is 7.13. The van der Waals surface area contributed by atoms with Crippen LogP contribution in [0, 0.1) is 0 Å². The van der Waals surface area contributed by atoms with Crippen LogP contribution in [0.25, 0.3) is 10.6 Å². The molecule has 4 rings (SSSR count). The van der Waals surface area contributed by atoms with Gasteiger partial charge in [0.05, 0.1) is 7.11 Å². The van der Waals surface area contributed by atoms with Crippen molar-refractivity contribution in [1.82, 2.24) is 20.2 Å². The Morgan fingerprint density at radius 2 is 1.93 bits per heavy atom. The minimum absolute atomic E-state index is 0.177. The average molecular weight is 424 g/mol. The van der Waals surface area contributed by atoms with Gasteiger partial charge in [-0.05, 0) is 49.0 Å². The number of anilines is 1. The Labute approximate surface area is 180 Å². The van der Waals surface area contributed by atoms with Gasteiger partial charge >= 0.3 is 0 Å². The standard InChI is InChI=1S/C22H25N5O2S/c1-26-9-11-27(12-10-26)20-13-16(7-8-23-20)14-24-21(28)19-15-30-22(25-19)17-3-5-18(29-2)6-4-17/h3-8,13,15H,9-12,14H2,1-2H3,(H,24,28). The normalized spacial score (nSPS) is 14.5. The number of methoxy groups -OCH3 is 1. The zero-order chi connectivity index (χ0) is 20.9. The summed E-state index contributed by atoms with van der Waals surface area (Å²) in [6.45, 7) is 4.43. The van der Waals surface area contributed by atoms with Crippen molar-refractivity contribution < 1.29 is 9.53 Å². The van der Waals surface area contributed by atoms with Crippen molar-refractivity contribution in [3.8, 4) is 16.3 Å². The number of carbonyl (C=O) groups is 1. The molecule has 0 unspecified atom stereocenters. The monoisotopic (exact) mass is 423 g/mol. The zero-order valence-corrected chi connectivity index (χ0v) is 18.0. The van der Waals surface area contributed by atoms with Crippen molar-refractivity contribution in [2.75, 3.05) is 45.2 Å². The van der Waals surface area contributed by atoms with E-state index in [0.29, 0.717) is 12.2 Å². The lowest BCUT2D eigenvalue weighted by atomic mass is 10.2. The summed E-state index contributed by atoms with van der Waals surface area (Å²) in [7, 11) is 3.77. The molecule has 0 aliphatic carbocycles. The van der Waals surface area contributed by atoms with Crippen LogP contribution in [0.1, 0.15) is 16.1 Å². The first kappa shape index (κ1) is 20.3. The molecule has 1 aliphatic rings. The van der Waals surface area contributed by atoms with E-state index in [9.17, 15) is 4.79 Å². The van der Waals surface area contributed by atoms with Crippen LogP contribution < -0.4 is 15.0 Å². The largest absolute Gasteiger partial charge is 0.497 e. The molecule has 30 heavy (non-hydrogen) atoms. The molecule has 1 amide bonds. The van der Waals surface area contributed by atoms with Gasteiger partial charge in [0.25, 0.3) is 5.91 Å². The molecular formula is C22H25N5O2S. The van der Waals surface area contributed by atoms with E-state index in [2.05, 4.69) is 38.2 Å². The molecule has 1 aromatic carbocycles. The van der Waals surface area contributed by atoms with Crippen molar-refractivity contribution in [1.29, 1.82) is 0 Å². The van der Waals surface area contributed by atoms with E-state index in [1.54, 1.807) is 18.7 Å². The fraction of sp³-hybridized carbons (Fsp3) is 0.318. The Kier molecular flexibility index (Phi) is 6.25. The second-order valence-corrected chi connectivity index (χ2v) is 8.12. The van der Waals surface area contributed by atoms with E-state index in [1.165, 1.54) is 11.3 Å². The fourth-order valence-electron chi connectivity index (χ4n) is 3.30. The number of amides is 1. The molecule has 0 spiro atoms. The molecule has 1 aliphatic heterocycles. The van der Waals surface area contributed by atoms with Crippen LogP contribution in [-0.4, -0.2) is 61.1 Å². The third-order valence-electron chi connectivity index (χ3n) is 5.16. The number of thiazole rings is 1. The van der Waals surface area contributed by atoms with Crippen LogP contribution >= 0.6 is 11.3 Å². The number of aromatic nitrogens is 2. The summed E-state index contributed by atoms with van der Waals surface area (Å²) in [5, 5.41) is 5.56. The average Bonchev–Trinajstić information content (AvgIpc) is 3.29. The molecule has 1 fully saturated rings. The maximum absolute atomic E-state index is 12.6. The van der Waals surface area contributed by atoms with Gasteiger partial charge < -0.3 is 19.9 Å². The SMILES string of the molecule is COc1ccc(-c2nc(C(=O)NCc3ccnc(N4CCN(C)CC4)c3)cs2)cc1. The highest BCUT2D eigenvalue weighted by atomic mass is 32.1. The molecule has 0 atom stereocenters. The summed E-state index contributed by atoms with van der Waals surface area (Å²) in [4.78, 5) is 26.2. The first-order valence-electron chi connectivity index (χ1n) is 9.89. The quantitative estimate of drug-likeness (QED) is 0.657. The van der Waals surface area contributed by atoms with Gasteiger partial charge in [-0.1, -0.05) is 0 Å². The lowest BCUT2D eigenvalue weighted by Gasteiger charge is -2.33. The van der Waals surface area contributed by atoms with Crippen molar-refractivity contribution in [2.45, 2.75) is 6.54 Å².